The number of amides is 2. The van der Waals surface area contributed by atoms with Crippen LogP contribution in [0.25, 0.3) is 0 Å². The average molecular weight is 463 g/mol. The van der Waals surface area contributed by atoms with E-state index < -0.39 is 42.7 Å². The maximum Gasteiger partial charge on any atom is 0.416 e. The minimum atomic E-state index is -4.53. The zero-order valence-electron chi connectivity index (χ0n) is 17.5. The van der Waals surface area contributed by atoms with E-state index in [2.05, 4.69) is 5.32 Å². The first-order valence-electron chi connectivity index (χ1n) is 9.58. The first-order chi connectivity index (χ1) is 15.7. The summed E-state index contributed by atoms with van der Waals surface area (Å²) in [6.07, 6.45) is -4.50. The van der Waals surface area contributed by atoms with Crippen molar-refractivity contribution in [1.82, 2.24) is 5.32 Å². The Balaban J connectivity index is 1.92. The molecule has 0 fully saturated rings. The third kappa shape index (κ3) is 7.24. The fourth-order valence-electron chi connectivity index (χ4n) is 2.73. The van der Waals surface area contributed by atoms with Gasteiger partial charge in [0.05, 0.1) is 30.9 Å². The number of anilines is 1. The molecule has 2 rings (SSSR count). The highest BCUT2D eigenvalue weighted by Gasteiger charge is 2.30. The molecule has 0 atom stereocenters. The maximum atomic E-state index is 12.6. The molecule has 0 saturated carbocycles. The Morgan fingerprint density at radius 1 is 1.09 bits per heavy atom. The van der Waals surface area contributed by atoms with Crippen LogP contribution < -0.4 is 15.0 Å². The molecule has 0 spiro atoms. The number of nitrogens with one attached hydrogen (secondary N) is 1. The SMILES string of the molecule is COc1ccccc1N(CCC#N)C(=O)COC(=O)CNC(=O)c1ccc(C(F)(F)F)cc1. The van der Waals surface area contributed by atoms with Crippen molar-refractivity contribution in [3.63, 3.8) is 0 Å². The third-order valence-electron chi connectivity index (χ3n) is 4.35. The van der Waals surface area contributed by atoms with Gasteiger partial charge in [-0.25, -0.2) is 0 Å². The fourth-order valence-corrected chi connectivity index (χ4v) is 2.73. The van der Waals surface area contributed by atoms with Gasteiger partial charge in [0.15, 0.2) is 6.61 Å². The molecule has 0 unspecified atom stereocenters. The molecule has 0 aromatic heterocycles. The number of hydrogen-bond donors (Lipinski definition) is 1. The highest BCUT2D eigenvalue weighted by molar-refractivity contribution is 5.98. The number of hydrogen-bond acceptors (Lipinski definition) is 6. The second-order valence-corrected chi connectivity index (χ2v) is 6.54. The number of para-hydroxylation sites is 2. The standard InChI is InChI=1S/C22H20F3N3O5/c1-32-18-6-3-2-5-17(18)28(12-4-11-26)19(29)14-33-20(30)13-27-21(31)15-7-9-16(10-8-15)22(23,24)25/h2-3,5-10H,4,12-14H2,1H3,(H,27,31). The molecule has 0 bridgehead atoms. The lowest BCUT2D eigenvalue weighted by atomic mass is 10.1. The molecular formula is C22H20F3N3O5. The molecule has 0 aliphatic heterocycles. The lowest BCUT2D eigenvalue weighted by Crippen LogP contribution is -2.37. The van der Waals surface area contributed by atoms with Crippen molar-refractivity contribution in [2.24, 2.45) is 0 Å². The molecule has 33 heavy (non-hydrogen) atoms. The summed E-state index contributed by atoms with van der Waals surface area (Å²) >= 11 is 0. The summed E-state index contributed by atoms with van der Waals surface area (Å²) in [5.74, 6) is -1.93. The number of esters is 1. The van der Waals surface area contributed by atoms with E-state index in [-0.39, 0.29) is 18.5 Å². The first-order valence-corrected chi connectivity index (χ1v) is 9.58. The van der Waals surface area contributed by atoms with Crippen molar-refractivity contribution in [1.29, 1.82) is 5.26 Å². The molecule has 0 heterocycles. The van der Waals surface area contributed by atoms with Gasteiger partial charge >= 0.3 is 12.1 Å². The van der Waals surface area contributed by atoms with Gasteiger partial charge in [0, 0.05) is 12.1 Å². The highest BCUT2D eigenvalue weighted by Crippen LogP contribution is 2.29. The number of methoxy groups -OCH3 is 1. The van der Waals surface area contributed by atoms with E-state index in [4.69, 9.17) is 14.7 Å². The predicted octanol–water partition coefficient (Wildman–Crippen LogP) is 2.93. The van der Waals surface area contributed by atoms with E-state index in [0.717, 1.165) is 24.3 Å². The van der Waals surface area contributed by atoms with Gasteiger partial charge in [0.1, 0.15) is 12.3 Å². The molecule has 0 aliphatic carbocycles. The van der Waals surface area contributed by atoms with Crippen LogP contribution >= 0.6 is 0 Å². The van der Waals surface area contributed by atoms with Gasteiger partial charge in [0.2, 0.25) is 0 Å². The third-order valence-corrected chi connectivity index (χ3v) is 4.35. The summed E-state index contributed by atoms with van der Waals surface area (Å²) < 4.78 is 47.9. The Hall–Kier alpha value is -4.07. The summed E-state index contributed by atoms with van der Waals surface area (Å²) in [5, 5.41) is 11.1. The zero-order valence-corrected chi connectivity index (χ0v) is 17.5. The van der Waals surface area contributed by atoms with E-state index in [1.54, 1.807) is 24.3 Å². The number of halogens is 3. The minimum Gasteiger partial charge on any atom is -0.495 e. The summed E-state index contributed by atoms with van der Waals surface area (Å²) in [6, 6.07) is 12.0. The van der Waals surface area contributed by atoms with Crippen molar-refractivity contribution in [3.8, 4) is 11.8 Å². The molecule has 2 amide bonds. The number of nitriles is 1. The quantitative estimate of drug-likeness (QED) is 0.573. The molecule has 1 N–H and O–H groups in total. The molecule has 174 valence electrons. The Labute approximate surface area is 187 Å². The normalized spacial score (nSPS) is 10.6. The maximum absolute atomic E-state index is 12.6. The molecule has 0 saturated heterocycles. The van der Waals surface area contributed by atoms with E-state index >= 15 is 0 Å². The van der Waals surface area contributed by atoms with Gasteiger partial charge in [-0.05, 0) is 36.4 Å². The van der Waals surface area contributed by atoms with E-state index in [9.17, 15) is 27.6 Å². The van der Waals surface area contributed by atoms with Crippen LogP contribution in [0, 0.1) is 11.3 Å². The van der Waals surface area contributed by atoms with Crippen LogP contribution in [0.1, 0.15) is 22.3 Å². The molecule has 0 aliphatic rings. The van der Waals surface area contributed by atoms with Crippen LogP contribution in [-0.4, -0.2) is 44.6 Å². The number of rotatable bonds is 9. The summed E-state index contributed by atoms with van der Waals surface area (Å²) in [4.78, 5) is 37.8. The lowest BCUT2D eigenvalue weighted by Gasteiger charge is -2.23. The number of alkyl halides is 3. The Bertz CT molecular complexity index is 1030. The predicted molar refractivity (Wildman–Crippen MR) is 110 cm³/mol. The van der Waals surface area contributed by atoms with Gasteiger partial charge in [-0.2, -0.15) is 18.4 Å². The van der Waals surface area contributed by atoms with Crippen LogP contribution in [-0.2, 0) is 20.5 Å². The van der Waals surface area contributed by atoms with Gasteiger partial charge < -0.3 is 19.7 Å². The Morgan fingerprint density at radius 2 is 1.76 bits per heavy atom. The second kappa shape index (κ2) is 11.5. The van der Waals surface area contributed by atoms with Crippen molar-refractivity contribution in [2.45, 2.75) is 12.6 Å². The van der Waals surface area contributed by atoms with Gasteiger partial charge in [0.25, 0.3) is 11.8 Å². The highest BCUT2D eigenvalue weighted by atomic mass is 19.4. The number of ether oxygens (including phenoxy) is 2. The fraction of sp³-hybridized carbons (Fsp3) is 0.273. The molecule has 2 aromatic carbocycles. The largest absolute Gasteiger partial charge is 0.495 e. The second-order valence-electron chi connectivity index (χ2n) is 6.54. The molecule has 8 nitrogen and oxygen atoms in total. The van der Waals surface area contributed by atoms with Crippen LogP contribution in [0.3, 0.4) is 0 Å². The summed E-state index contributed by atoms with van der Waals surface area (Å²) in [7, 11) is 1.42. The number of carbonyl (C=O) groups excluding carboxylic acids is 3. The van der Waals surface area contributed by atoms with Crippen LogP contribution in [0.15, 0.2) is 48.5 Å². The van der Waals surface area contributed by atoms with Gasteiger partial charge in [-0.3, -0.25) is 14.4 Å². The van der Waals surface area contributed by atoms with Crippen LogP contribution in [0.5, 0.6) is 5.75 Å². The van der Waals surface area contributed by atoms with Crippen molar-refractivity contribution in [3.05, 3.63) is 59.7 Å². The Kier molecular flexibility index (Phi) is 8.80. The number of nitrogens with zero attached hydrogens (tertiary/aromatic N) is 2. The van der Waals surface area contributed by atoms with Crippen LogP contribution in [0.4, 0.5) is 18.9 Å². The van der Waals surface area contributed by atoms with E-state index in [1.165, 1.54) is 12.0 Å². The summed E-state index contributed by atoms with van der Waals surface area (Å²) in [6.45, 7) is -1.21. The number of benzene rings is 2. The molecular weight excluding hydrogens is 443 g/mol. The van der Waals surface area contributed by atoms with Crippen LogP contribution in [0.2, 0.25) is 0 Å². The monoisotopic (exact) mass is 463 g/mol. The molecule has 0 radical (unpaired) electrons. The lowest BCUT2D eigenvalue weighted by molar-refractivity contribution is -0.146. The molecule has 11 heteroatoms. The Morgan fingerprint density at radius 3 is 2.36 bits per heavy atom. The van der Waals surface area contributed by atoms with Gasteiger partial charge in [-0.15, -0.1) is 0 Å². The first kappa shape index (κ1) is 25.2. The molecule has 2 aromatic rings. The topological polar surface area (TPSA) is 109 Å². The van der Waals surface area contributed by atoms with E-state index in [1.807, 2.05) is 6.07 Å². The van der Waals surface area contributed by atoms with Gasteiger partial charge in [-0.1, -0.05) is 12.1 Å². The average Bonchev–Trinajstić information content (AvgIpc) is 2.81. The van der Waals surface area contributed by atoms with E-state index in [0.29, 0.717) is 11.4 Å². The van der Waals surface area contributed by atoms with Crippen molar-refractivity contribution >= 4 is 23.5 Å². The number of carbonyl (C=O) groups is 3. The van der Waals surface area contributed by atoms with Crippen molar-refractivity contribution < 1.29 is 37.0 Å². The van der Waals surface area contributed by atoms with Crippen molar-refractivity contribution in [2.75, 3.05) is 31.7 Å². The minimum absolute atomic E-state index is 0.0287. The summed E-state index contributed by atoms with van der Waals surface area (Å²) in [5.41, 5.74) is -0.592. The smallest absolute Gasteiger partial charge is 0.416 e. The zero-order chi connectivity index (χ0) is 24.4.